The third-order valence-corrected chi connectivity index (χ3v) is 9.12. The number of nitrogens with one attached hydrogen (secondary N) is 1. The Morgan fingerprint density at radius 2 is 1.86 bits per heavy atom. The molecule has 0 spiro atoms. The van der Waals surface area contributed by atoms with Gasteiger partial charge in [0.25, 0.3) is 0 Å². The van der Waals surface area contributed by atoms with Crippen molar-refractivity contribution in [1.29, 1.82) is 0 Å². The van der Waals surface area contributed by atoms with Crippen molar-refractivity contribution in [2.75, 3.05) is 11.4 Å². The molecule has 1 aliphatic rings. The number of nitrogens with zero attached hydrogens (tertiary/aromatic N) is 1. The first-order chi connectivity index (χ1) is 17.5. The summed E-state index contributed by atoms with van der Waals surface area (Å²) in [5.41, 5.74) is 6.39. The topological polar surface area (TPSA) is 32.3 Å². The Bertz CT molecular complexity index is 1480. The van der Waals surface area contributed by atoms with Crippen molar-refractivity contribution >= 4 is 27.0 Å². The molecule has 1 aliphatic carbocycles. The Hall–Kier alpha value is -3.49. The monoisotopic (exact) mass is 514 g/mol. The van der Waals surface area contributed by atoms with Gasteiger partial charge >= 0.3 is 0 Å². The van der Waals surface area contributed by atoms with Crippen LogP contribution in [0.2, 0.25) is 0 Å². The normalized spacial score (nSPS) is 14.6. The first-order valence-corrected chi connectivity index (χ1v) is 14.2. The van der Waals surface area contributed by atoms with Gasteiger partial charge in [0, 0.05) is 35.7 Å². The van der Waals surface area contributed by atoms with Gasteiger partial charge in [-0.05, 0) is 95.8 Å². The molecule has 0 aromatic heterocycles. The number of rotatable bonds is 9. The van der Waals surface area contributed by atoms with Crippen LogP contribution in [0.1, 0.15) is 54.9 Å². The zero-order chi connectivity index (χ0) is 26.9. The maximum atomic E-state index is 15.0. The molecular weight excluding hydrogens is 479 g/mol. The summed E-state index contributed by atoms with van der Waals surface area (Å²) >= 11 is 0. The quantitative estimate of drug-likeness (QED) is 0.248. The second kappa shape index (κ2) is 10.5. The maximum Gasteiger partial charge on any atom is 0.127 e. The molecule has 0 saturated heterocycles. The van der Waals surface area contributed by atoms with Gasteiger partial charge in [-0.1, -0.05) is 38.6 Å². The van der Waals surface area contributed by atoms with E-state index in [1.165, 1.54) is 11.6 Å². The molecule has 3 aromatic carbocycles. The molecule has 37 heavy (non-hydrogen) atoms. The lowest BCUT2D eigenvalue weighted by atomic mass is 9.94. The first-order valence-electron chi connectivity index (χ1n) is 12.6. The number of benzene rings is 3. The molecule has 1 fully saturated rings. The first kappa shape index (κ1) is 26.6. The van der Waals surface area contributed by atoms with Crippen molar-refractivity contribution in [3.8, 4) is 23.5 Å². The summed E-state index contributed by atoms with van der Waals surface area (Å²) < 4.78 is 30.6. The van der Waals surface area contributed by atoms with Crippen LogP contribution in [0.3, 0.4) is 0 Å². The minimum Gasteiger partial charge on any atom is -0.382 e. The summed E-state index contributed by atoms with van der Waals surface area (Å²) in [6.45, 7) is 10.1. The fourth-order valence-corrected chi connectivity index (χ4v) is 5.78. The van der Waals surface area contributed by atoms with E-state index in [9.17, 15) is 8.60 Å². The molecule has 0 amide bonds. The number of hydrogen-bond donors (Lipinski definition) is 1. The predicted molar refractivity (Wildman–Crippen MR) is 157 cm³/mol. The van der Waals surface area contributed by atoms with Crippen LogP contribution in [0.15, 0.2) is 66.1 Å². The molecule has 0 radical (unpaired) electrons. The Balaban J connectivity index is 1.72. The van der Waals surface area contributed by atoms with E-state index >= 15 is 0 Å². The lowest BCUT2D eigenvalue weighted by Gasteiger charge is -2.27. The average Bonchev–Trinajstić information content (AvgIpc) is 3.69. The summed E-state index contributed by atoms with van der Waals surface area (Å²) in [5.74, 6) is 6.91. The molecular formula is C32H35FN2OS. The van der Waals surface area contributed by atoms with Crippen LogP contribution in [-0.4, -0.2) is 23.2 Å². The molecule has 0 heterocycles. The van der Waals surface area contributed by atoms with Gasteiger partial charge in [-0.3, -0.25) is 4.31 Å². The highest BCUT2D eigenvalue weighted by Gasteiger charge is 2.23. The lowest BCUT2D eigenvalue weighted by molar-refractivity contribution is 0.618. The van der Waals surface area contributed by atoms with Crippen LogP contribution in [0, 0.1) is 25.1 Å². The second-order valence-electron chi connectivity index (χ2n) is 10.1. The molecule has 0 bridgehead atoms. The third-order valence-electron chi connectivity index (χ3n) is 7.03. The third kappa shape index (κ3) is 5.60. The van der Waals surface area contributed by atoms with Gasteiger partial charge in [-0.15, -0.1) is 12.3 Å². The fraction of sp³-hybridized carbons (Fsp3) is 0.281. The van der Waals surface area contributed by atoms with Crippen molar-refractivity contribution in [3.63, 3.8) is 0 Å². The van der Waals surface area contributed by atoms with E-state index < -0.39 is 9.71 Å². The lowest BCUT2D eigenvalue weighted by Crippen LogP contribution is -2.27. The summed E-state index contributed by atoms with van der Waals surface area (Å²) in [6, 6.07) is 17.5. The minimum absolute atomic E-state index is 0.281. The number of anilines is 1. The Labute approximate surface area is 221 Å². The van der Waals surface area contributed by atoms with Gasteiger partial charge in [0.1, 0.15) is 5.82 Å². The molecule has 3 nitrogen and oxygen atoms in total. The highest BCUT2D eigenvalue weighted by Crippen LogP contribution is 2.34. The maximum absolute atomic E-state index is 15.0. The highest BCUT2D eigenvalue weighted by molar-refractivity contribution is 8.01. The van der Waals surface area contributed by atoms with Crippen LogP contribution in [0.25, 0.3) is 16.8 Å². The molecule has 192 valence electrons. The minimum atomic E-state index is -2.81. The predicted octanol–water partition coefficient (Wildman–Crippen LogP) is 6.95. The zero-order valence-corrected chi connectivity index (χ0v) is 22.9. The fourth-order valence-electron chi connectivity index (χ4n) is 4.40. The van der Waals surface area contributed by atoms with E-state index in [0.717, 1.165) is 46.5 Å². The standard InChI is InChI=1S/C32H35FN2OS/c1-8-9-26-18-25(30-19-27(20-31(33)22(30)4)23(5)34-28-13-14-28)12-17-32(26)35(6)37(7,36)29-15-10-24(11-16-29)21(2)3/h1,10-12,15-21,28,34H,5,7,9,13-14H2,2-4,6H3. The van der Waals surface area contributed by atoms with Gasteiger partial charge in [0.15, 0.2) is 0 Å². The smallest absolute Gasteiger partial charge is 0.127 e. The van der Waals surface area contributed by atoms with E-state index in [4.69, 9.17) is 6.42 Å². The average molecular weight is 515 g/mol. The Morgan fingerprint density at radius 1 is 1.19 bits per heavy atom. The van der Waals surface area contributed by atoms with Gasteiger partial charge in [-0.25, -0.2) is 8.60 Å². The van der Waals surface area contributed by atoms with Crippen molar-refractivity contribution in [2.24, 2.45) is 0 Å². The molecule has 1 N–H and O–H groups in total. The largest absolute Gasteiger partial charge is 0.382 e. The molecule has 0 aliphatic heterocycles. The molecule has 5 heteroatoms. The van der Waals surface area contributed by atoms with E-state index in [-0.39, 0.29) is 5.82 Å². The molecule has 1 unspecified atom stereocenters. The molecule has 4 rings (SSSR count). The summed E-state index contributed by atoms with van der Waals surface area (Å²) in [5, 5.41) is 3.36. The molecule has 1 atom stereocenters. The summed E-state index contributed by atoms with van der Waals surface area (Å²) in [7, 11) is -1.03. The summed E-state index contributed by atoms with van der Waals surface area (Å²) in [4.78, 5) is 0.655. The SMILES string of the molecule is C#CCc1cc(-c2cc(C(=C)NC3CC3)cc(F)c2C)ccc1N(C)S(=C)(=O)c1ccc(C(C)C)cc1. The van der Waals surface area contributed by atoms with E-state index in [1.807, 2.05) is 48.5 Å². The van der Waals surface area contributed by atoms with Gasteiger partial charge in [-0.2, -0.15) is 0 Å². The van der Waals surface area contributed by atoms with Gasteiger partial charge in [0.2, 0.25) is 0 Å². The molecule has 1 saturated carbocycles. The van der Waals surface area contributed by atoms with Crippen molar-refractivity contribution in [3.05, 3.63) is 89.2 Å². The van der Waals surface area contributed by atoms with E-state index in [1.54, 1.807) is 18.3 Å². The Kier molecular flexibility index (Phi) is 7.52. The number of terminal acetylenes is 1. The van der Waals surface area contributed by atoms with E-state index in [0.29, 0.717) is 28.8 Å². The highest BCUT2D eigenvalue weighted by atomic mass is 32.2. The number of halogens is 1. The van der Waals surface area contributed by atoms with Crippen molar-refractivity contribution < 1.29 is 8.60 Å². The Morgan fingerprint density at radius 3 is 2.46 bits per heavy atom. The van der Waals surface area contributed by atoms with Crippen LogP contribution < -0.4 is 9.62 Å². The number of hydrogen-bond acceptors (Lipinski definition) is 2. The van der Waals surface area contributed by atoms with Gasteiger partial charge in [0.05, 0.1) is 15.4 Å². The van der Waals surface area contributed by atoms with Crippen molar-refractivity contribution in [2.45, 2.75) is 56.9 Å². The zero-order valence-electron chi connectivity index (χ0n) is 22.1. The van der Waals surface area contributed by atoms with E-state index in [2.05, 4.69) is 37.5 Å². The summed E-state index contributed by atoms with van der Waals surface area (Å²) in [6.07, 6.45) is 8.28. The van der Waals surface area contributed by atoms with Crippen LogP contribution in [-0.2, 0) is 16.1 Å². The second-order valence-corrected chi connectivity index (χ2v) is 12.4. The van der Waals surface area contributed by atoms with Crippen LogP contribution in [0.5, 0.6) is 0 Å². The van der Waals surface area contributed by atoms with Gasteiger partial charge < -0.3 is 5.32 Å². The van der Waals surface area contributed by atoms with Crippen molar-refractivity contribution in [1.82, 2.24) is 5.32 Å². The van der Waals surface area contributed by atoms with Crippen LogP contribution >= 0.6 is 0 Å². The van der Waals surface area contributed by atoms with Crippen LogP contribution in [0.4, 0.5) is 10.1 Å². The molecule has 3 aromatic rings.